The number of pyridine rings is 1. The second-order valence-corrected chi connectivity index (χ2v) is 10.9. The van der Waals surface area contributed by atoms with E-state index in [1.807, 2.05) is 18.2 Å². The number of carbonyl (C=O) groups excluding carboxylic acids is 1. The molecule has 1 aromatic carbocycles. The molecule has 6 heteroatoms. The van der Waals surface area contributed by atoms with Crippen LogP contribution in [0.2, 0.25) is 5.02 Å². The van der Waals surface area contributed by atoms with Crippen LogP contribution in [0.3, 0.4) is 0 Å². The summed E-state index contributed by atoms with van der Waals surface area (Å²) in [5, 5.41) is 0.736. The fourth-order valence-electron chi connectivity index (χ4n) is 6.52. The lowest BCUT2D eigenvalue weighted by atomic mass is 9.86. The number of piperazine rings is 1. The van der Waals surface area contributed by atoms with Crippen molar-refractivity contribution in [3.05, 3.63) is 59.4 Å². The van der Waals surface area contributed by atoms with Gasteiger partial charge in [-0.1, -0.05) is 49.1 Å². The van der Waals surface area contributed by atoms with Crippen molar-refractivity contribution in [2.75, 3.05) is 13.1 Å². The molecule has 2 aliphatic heterocycles. The van der Waals surface area contributed by atoms with E-state index in [-0.39, 0.29) is 0 Å². The molecule has 3 aliphatic rings. The number of nitrogens with zero attached hydrogens (tertiary/aromatic N) is 4. The van der Waals surface area contributed by atoms with Crippen molar-refractivity contribution in [1.82, 2.24) is 19.2 Å². The summed E-state index contributed by atoms with van der Waals surface area (Å²) in [7, 11) is 0. The van der Waals surface area contributed by atoms with Gasteiger partial charge in [0.05, 0.1) is 11.4 Å². The van der Waals surface area contributed by atoms with Gasteiger partial charge in [0.1, 0.15) is 5.65 Å². The summed E-state index contributed by atoms with van der Waals surface area (Å²) < 4.78 is 2.21. The first-order chi connectivity index (χ1) is 16.7. The number of likely N-dealkylation sites (tertiary alicyclic amines) is 1. The molecule has 2 aromatic heterocycles. The highest BCUT2D eigenvalue weighted by Gasteiger charge is 2.43. The van der Waals surface area contributed by atoms with Crippen LogP contribution in [0.4, 0.5) is 0 Å². The minimum Gasteiger partial charge on any atom is -0.334 e. The second-order valence-electron chi connectivity index (χ2n) is 10.4. The first-order valence-electron chi connectivity index (χ1n) is 12.9. The highest BCUT2D eigenvalue weighted by molar-refractivity contribution is 6.30. The third-order valence-corrected chi connectivity index (χ3v) is 8.41. The molecule has 6 rings (SSSR count). The molecule has 34 heavy (non-hydrogen) atoms. The predicted molar refractivity (Wildman–Crippen MR) is 136 cm³/mol. The van der Waals surface area contributed by atoms with Gasteiger partial charge in [-0.2, -0.15) is 0 Å². The summed E-state index contributed by atoms with van der Waals surface area (Å²) in [4.78, 5) is 23.1. The minimum absolute atomic E-state index is 0.355. The number of imidazole rings is 1. The molecule has 3 fully saturated rings. The molecule has 3 aromatic rings. The lowest BCUT2D eigenvalue weighted by Crippen LogP contribution is -2.55. The van der Waals surface area contributed by atoms with Gasteiger partial charge >= 0.3 is 0 Å². The highest BCUT2D eigenvalue weighted by atomic mass is 35.5. The van der Waals surface area contributed by atoms with E-state index in [0.717, 1.165) is 60.8 Å². The molecule has 1 aliphatic carbocycles. The Hall–Kier alpha value is -2.37. The van der Waals surface area contributed by atoms with E-state index in [4.69, 9.17) is 16.6 Å². The minimum atomic E-state index is 0.355. The SMILES string of the molecule is O=C(CC1CCCCC1)N1C2CCC1CN(Cc1c(-c3ccc(Cl)cc3)nc3ccccn13)C2. The monoisotopic (exact) mass is 476 g/mol. The van der Waals surface area contributed by atoms with Crippen LogP contribution >= 0.6 is 11.6 Å². The van der Waals surface area contributed by atoms with Gasteiger partial charge in [-0.05, 0) is 55.9 Å². The molecule has 2 atom stereocenters. The number of hydrogen-bond donors (Lipinski definition) is 0. The smallest absolute Gasteiger partial charge is 0.223 e. The molecule has 178 valence electrons. The number of amides is 1. The number of rotatable bonds is 5. The van der Waals surface area contributed by atoms with Gasteiger partial charge in [-0.25, -0.2) is 4.98 Å². The zero-order valence-electron chi connectivity index (χ0n) is 19.7. The molecular weight excluding hydrogens is 444 g/mol. The van der Waals surface area contributed by atoms with Crippen molar-refractivity contribution in [3.63, 3.8) is 0 Å². The Morgan fingerprint density at radius 1 is 0.941 bits per heavy atom. The summed E-state index contributed by atoms with van der Waals surface area (Å²) in [6.07, 6.45) is 11.6. The number of fused-ring (bicyclic) bond motifs is 3. The fourth-order valence-corrected chi connectivity index (χ4v) is 6.64. The van der Waals surface area contributed by atoms with E-state index in [2.05, 4.69) is 44.7 Å². The van der Waals surface area contributed by atoms with Crippen molar-refractivity contribution in [3.8, 4) is 11.3 Å². The number of carbonyl (C=O) groups is 1. The molecular formula is C28H33ClN4O. The quantitative estimate of drug-likeness (QED) is 0.467. The molecule has 1 amide bonds. The lowest BCUT2D eigenvalue weighted by Gasteiger charge is -2.41. The number of benzene rings is 1. The van der Waals surface area contributed by atoms with Crippen molar-refractivity contribution >= 4 is 23.2 Å². The Bertz CT molecular complexity index is 1150. The van der Waals surface area contributed by atoms with Crippen LogP contribution in [0.15, 0.2) is 48.7 Å². The van der Waals surface area contributed by atoms with Crippen LogP contribution in [0.5, 0.6) is 0 Å². The summed E-state index contributed by atoms with van der Waals surface area (Å²) in [5.74, 6) is 1.02. The van der Waals surface area contributed by atoms with Crippen LogP contribution in [0, 0.1) is 5.92 Å². The van der Waals surface area contributed by atoms with E-state index in [0.29, 0.717) is 23.9 Å². The third-order valence-electron chi connectivity index (χ3n) is 8.15. The van der Waals surface area contributed by atoms with Crippen molar-refractivity contribution in [2.24, 2.45) is 5.92 Å². The molecule has 0 radical (unpaired) electrons. The van der Waals surface area contributed by atoms with Crippen LogP contribution in [-0.2, 0) is 11.3 Å². The number of hydrogen-bond acceptors (Lipinski definition) is 3. The van der Waals surface area contributed by atoms with Gasteiger partial charge in [0.15, 0.2) is 0 Å². The maximum absolute atomic E-state index is 13.3. The highest BCUT2D eigenvalue weighted by Crippen LogP contribution is 2.35. The predicted octanol–water partition coefficient (Wildman–Crippen LogP) is 5.80. The molecule has 5 nitrogen and oxygen atoms in total. The van der Waals surface area contributed by atoms with Crippen molar-refractivity contribution in [2.45, 2.75) is 70.0 Å². The molecule has 0 N–H and O–H groups in total. The Morgan fingerprint density at radius 3 is 2.41 bits per heavy atom. The van der Waals surface area contributed by atoms with Crippen LogP contribution in [0.1, 0.15) is 57.1 Å². The molecule has 2 saturated heterocycles. The van der Waals surface area contributed by atoms with E-state index in [9.17, 15) is 4.79 Å². The number of halogens is 1. The van der Waals surface area contributed by atoms with Gasteiger partial charge in [0.25, 0.3) is 0 Å². The first-order valence-corrected chi connectivity index (χ1v) is 13.3. The van der Waals surface area contributed by atoms with Gasteiger partial charge in [0.2, 0.25) is 5.91 Å². The standard InChI is InChI=1S/C28H33ClN4O/c29-22-11-9-21(10-12-22)28-25(32-15-5-4-8-26(32)30-28)19-31-17-23-13-14-24(18-31)33(23)27(34)16-20-6-2-1-3-7-20/h4-5,8-12,15,20,23-24H,1-3,6-7,13-14,16-19H2. The lowest BCUT2D eigenvalue weighted by molar-refractivity contribution is -0.138. The maximum Gasteiger partial charge on any atom is 0.223 e. The van der Waals surface area contributed by atoms with E-state index >= 15 is 0 Å². The molecule has 0 spiro atoms. The summed E-state index contributed by atoms with van der Waals surface area (Å²) in [6, 6.07) is 14.8. The Labute approximate surface area is 206 Å². The molecule has 1 saturated carbocycles. The van der Waals surface area contributed by atoms with Crippen LogP contribution in [-0.4, -0.2) is 50.3 Å². The average Bonchev–Trinajstić information content (AvgIpc) is 3.35. The van der Waals surface area contributed by atoms with Gasteiger partial charge in [-0.3, -0.25) is 9.69 Å². The zero-order valence-corrected chi connectivity index (χ0v) is 20.5. The summed E-state index contributed by atoms with van der Waals surface area (Å²) in [6.45, 7) is 2.74. The van der Waals surface area contributed by atoms with Gasteiger partial charge in [-0.15, -0.1) is 0 Å². The molecule has 2 bridgehead atoms. The Morgan fingerprint density at radius 2 is 1.68 bits per heavy atom. The summed E-state index contributed by atoms with van der Waals surface area (Å²) >= 11 is 6.15. The van der Waals surface area contributed by atoms with Crippen LogP contribution in [0.25, 0.3) is 16.9 Å². The topological polar surface area (TPSA) is 40.9 Å². The average molecular weight is 477 g/mol. The van der Waals surface area contributed by atoms with Crippen LogP contribution < -0.4 is 0 Å². The maximum atomic E-state index is 13.3. The van der Waals surface area contributed by atoms with E-state index < -0.39 is 0 Å². The largest absolute Gasteiger partial charge is 0.334 e. The molecule has 4 heterocycles. The molecule has 2 unspecified atom stereocenters. The number of aromatic nitrogens is 2. The summed E-state index contributed by atoms with van der Waals surface area (Å²) in [5.41, 5.74) is 4.28. The zero-order chi connectivity index (χ0) is 23.1. The van der Waals surface area contributed by atoms with Gasteiger partial charge in [0, 0.05) is 54.9 Å². The Kier molecular flexibility index (Phi) is 6.08. The van der Waals surface area contributed by atoms with Gasteiger partial charge < -0.3 is 9.30 Å². The van der Waals surface area contributed by atoms with Crippen molar-refractivity contribution < 1.29 is 4.79 Å². The van der Waals surface area contributed by atoms with E-state index in [1.54, 1.807) is 0 Å². The van der Waals surface area contributed by atoms with E-state index in [1.165, 1.54) is 37.8 Å². The first kappa shape index (κ1) is 22.1. The fraction of sp³-hybridized carbons (Fsp3) is 0.500. The third kappa shape index (κ3) is 4.25. The Balaban J connectivity index is 1.21. The second kappa shape index (κ2) is 9.35. The van der Waals surface area contributed by atoms with Crippen molar-refractivity contribution in [1.29, 1.82) is 0 Å². The normalized spacial score (nSPS) is 23.6.